The normalized spacial score (nSPS) is 10.3. The van der Waals surface area contributed by atoms with E-state index in [4.69, 9.17) is 0 Å². The van der Waals surface area contributed by atoms with Gasteiger partial charge < -0.3 is 4.90 Å². The summed E-state index contributed by atoms with van der Waals surface area (Å²) in [6.45, 7) is 0.189. The van der Waals surface area contributed by atoms with E-state index in [0.717, 1.165) is 0 Å². The van der Waals surface area contributed by atoms with Crippen molar-refractivity contribution in [3.8, 4) is 0 Å². The van der Waals surface area contributed by atoms with E-state index in [9.17, 15) is 13.6 Å². The lowest BCUT2D eigenvalue weighted by Gasteiger charge is -2.21. The van der Waals surface area contributed by atoms with Gasteiger partial charge in [-0.05, 0) is 18.2 Å². The maximum absolute atomic E-state index is 13.8. The van der Waals surface area contributed by atoms with Crippen molar-refractivity contribution in [2.24, 2.45) is 0 Å². The summed E-state index contributed by atoms with van der Waals surface area (Å²) in [5, 5.41) is 0. The van der Waals surface area contributed by atoms with Crippen LogP contribution in [0.5, 0.6) is 0 Å². The summed E-state index contributed by atoms with van der Waals surface area (Å²) in [7, 11) is 1.62. The molecule has 2 rings (SSSR count). The Labute approximate surface area is 110 Å². The molecule has 0 aliphatic carbocycles. The van der Waals surface area contributed by atoms with Crippen LogP contribution in [0.25, 0.3) is 0 Å². The molecule has 0 aromatic heterocycles. The van der Waals surface area contributed by atoms with Gasteiger partial charge in [-0.15, -0.1) is 0 Å². The van der Waals surface area contributed by atoms with Crippen molar-refractivity contribution in [2.75, 3.05) is 11.9 Å². The molecule has 0 aliphatic rings. The summed E-state index contributed by atoms with van der Waals surface area (Å²) in [5.41, 5.74) is 0.879. The number of hydrogen-bond donors (Lipinski definition) is 0. The second kappa shape index (κ2) is 5.61. The van der Waals surface area contributed by atoms with Gasteiger partial charge in [-0.3, -0.25) is 4.79 Å². The van der Waals surface area contributed by atoms with E-state index in [1.807, 2.05) is 0 Å². The molecule has 0 radical (unpaired) electrons. The third kappa shape index (κ3) is 2.78. The molecule has 0 saturated carbocycles. The zero-order valence-electron chi connectivity index (χ0n) is 10.4. The molecule has 0 N–H and O–H groups in total. The first-order chi connectivity index (χ1) is 9.13. The number of carbonyl (C=O) groups is 1. The minimum absolute atomic E-state index is 0.181. The predicted octanol–water partition coefficient (Wildman–Crippen LogP) is 3.41. The zero-order chi connectivity index (χ0) is 13.8. The summed E-state index contributed by atoms with van der Waals surface area (Å²) >= 11 is 0. The fraction of sp³-hybridized carbons (Fsp3) is 0.133. The molecular formula is C15H13F2NO. The molecule has 4 heteroatoms. The average Bonchev–Trinajstić information content (AvgIpc) is 2.40. The Morgan fingerprint density at radius 3 is 2.42 bits per heavy atom. The third-order valence-corrected chi connectivity index (χ3v) is 2.89. The van der Waals surface area contributed by atoms with E-state index in [-0.39, 0.29) is 23.6 Å². The highest BCUT2D eigenvalue weighted by atomic mass is 19.1. The molecule has 2 aromatic carbocycles. The zero-order valence-corrected chi connectivity index (χ0v) is 10.4. The van der Waals surface area contributed by atoms with Crippen LogP contribution in [0.2, 0.25) is 0 Å². The molecule has 19 heavy (non-hydrogen) atoms. The number of carbonyl (C=O) groups excluding carboxylic acids is 1. The second-order valence-electron chi connectivity index (χ2n) is 4.24. The van der Waals surface area contributed by atoms with Gasteiger partial charge in [0.15, 0.2) is 6.29 Å². The number of hydrogen-bond acceptors (Lipinski definition) is 2. The van der Waals surface area contributed by atoms with Gasteiger partial charge in [0.1, 0.15) is 11.6 Å². The van der Waals surface area contributed by atoms with Gasteiger partial charge in [-0.2, -0.15) is 0 Å². The molecule has 0 fully saturated rings. The van der Waals surface area contributed by atoms with Gasteiger partial charge in [0, 0.05) is 24.7 Å². The first-order valence-corrected chi connectivity index (χ1v) is 5.81. The summed E-state index contributed by atoms with van der Waals surface area (Å²) in [5.74, 6) is -0.846. The fourth-order valence-corrected chi connectivity index (χ4v) is 1.99. The Kier molecular flexibility index (Phi) is 3.90. The maximum atomic E-state index is 13.8. The predicted molar refractivity (Wildman–Crippen MR) is 70.3 cm³/mol. The lowest BCUT2D eigenvalue weighted by atomic mass is 10.1. The van der Waals surface area contributed by atoms with Gasteiger partial charge in [0.2, 0.25) is 0 Å². The minimum atomic E-state index is -0.497. The van der Waals surface area contributed by atoms with Crippen LogP contribution < -0.4 is 4.90 Å². The van der Waals surface area contributed by atoms with Crippen molar-refractivity contribution in [3.05, 3.63) is 65.2 Å². The highest BCUT2D eigenvalue weighted by Crippen LogP contribution is 2.24. The number of halogens is 2. The van der Waals surface area contributed by atoms with Crippen molar-refractivity contribution >= 4 is 12.0 Å². The standard InChI is InChI=1S/C15H13F2NO/c1-18(9-11-5-2-3-7-13(11)16)15-12(10-19)6-4-8-14(15)17/h2-8,10H,9H2,1H3. The molecule has 2 aromatic rings. The maximum Gasteiger partial charge on any atom is 0.152 e. The summed E-state index contributed by atoms with van der Waals surface area (Å²) < 4.78 is 27.4. The van der Waals surface area contributed by atoms with Gasteiger partial charge in [-0.25, -0.2) is 8.78 Å². The molecule has 0 unspecified atom stereocenters. The van der Waals surface area contributed by atoms with Gasteiger partial charge in [0.05, 0.1) is 5.69 Å². The highest BCUT2D eigenvalue weighted by molar-refractivity contribution is 5.84. The number of aldehydes is 1. The number of nitrogens with zero attached hydrogens (tertiary/aromatic N) is 1. The van der Waals surface area contributed by atoms with E-state index in [1.54, 1.807) is 25.2 Å². The molecule has 0 spiro atoms. The van der Waals surface area contributed by atoms with Crippen LogP contribution >= 0.6 is 0 Å². The van der Waals surface area contributed by atoms with Crippen molar-refractivity contribution in [1.82, 2.24) is 0 Å². The smallest absolute Gasteiger partial charge is 0.152 e. The van der Waals surface area contributed by atoms with E-state index in [1.165, 1.54) is 29.2 Å². The molecule has 0 amide bonds. The van der Waals surface area contributed by atoms with Crippen molar-refractivity contribution in [1.29, 1.82) is 0 Å². The molecule has 0 saturated heterocycles. The minimum Gasteiger partial charge on any atom is -0.367 e. The number of para-hydroxylation sites is 1. The van der Waals surface area contributed by atoms with Crippen LogP contribution in [-0.4, -0.2) is 13.3 Å². The molecule has 0 aliphatic heterocycles. The Morgan fingerprint density at radius 1 is 1.05 bits per heavy atom. The number of rotatable bonds is 4. The largest absolute Gasteiger partial charge is 0.367 e. The Morgan fingerprint density at radius 2 is 1.74 bits per heavy atom. The molecule has 2 nitrogen and oxygen atoms in total. The van der Waals surface area contributed by atoms with Crippen molar-refractivity contribution in [2.45, 2.75) is 6.54 Å². The van der Waals surface area contributed by atoms with Crippen LogP contribution in [0, 0.1) is 11.6 Å². The van der Waals surface area contributed by atoms with Crippen LogP contribution in [0.1, 0.15) is 15.9 Å². The van der Waals surface area contributed by atoms with Crippen LogP contribution in [-0.2, 0) is 6.54 Å². The quantitative estimate of drug-likeness (QED) is 0.786. The Hall–Kier alpha value is -2.23. The monoisotopic (exact) mass is 261 g/mol. The summed E-state index contributed by atoms with van der Waals surface area (Å²) in [6.07, 6.45) is 0.594. The van der Waals surface area contributed by atoms with Crippen molar-refractivity contribution in [3.63, 3.8) is 0 Å². The summed E-state index contributed by atoms with van der Waals surface area (Å²) in [6, 6.07) is 10.6. The van der Waals surface area contributed by atoms with Crippen LogP contribution in [0.3, 0.4) is 0 Å². The Balaban J connectivity index is 2.33. The Bertz CT molecular complexity index is 598. The van der Waals surface area contributed by atoms with Gasteiger partial charge in [-0.1, -0.05) is 24.3 Å². The van der Waals surface area contributed by atoms with Gasteiger partial charge in [0.25, 0.3) is 0 Å². The third-order valence-electron chi connectivity index (χ3n) is 2.89. The van der Waals surface area contributed by atoms with E-state index in [2.05, 4.69) is 0 Å². The number of anilines is 1. The van der Waals surface area contributed by atoms with Crippen LogP contribution in [0.15, 0.2) is 42.5 Å². The molecular weight excluding hydrogens is 248 g/mol. The highest BCUT2D eigenvalue weighted by Gasteiger charge is 2.14. The number of benzene rings is 2. The SMILES string of the molecule is CN(Cc1ccccc1F)c1c(F)cccc1C=O. The lowest BCUT2D eigenvalue weighted by molar-refractivity contribution is 0.112. The van der Waals surface area contributed by atoms with E-state index in [0.29, 0.717) is 11.8 Å². The fourth-order valence-electron chi connectivity index (χ4n) is 1.99. The molecule has 0 bridgehead atoms. The first-order valence-electron chi connectivity index (χ1n) is 5.81. The van der Waals surface area contributed by atoms with E-state index < -0.39 is 5.82 Å². The van der Waals surface area contributed by atoms with Crippen LogP contribution in [0.4, 0.5) is 14.5 Å². The molecule has 98 valence electrons. The van der Waals surface area contributed by atoms with Gasteiger partial charge >= 0.3 is 0 Å². The first kappa shape index (κ1) is 13.2. The molecule has 0 atom stereocenters. The average molecular weight is 261 g/mol. The second-order valence-corrected chi connectivity index (χ2v) is 4.24. The summed E-state index contributed by atoms with van der Waals surface area (Å²) in [4.78, 5) is 12.5. The lowest BCUT2D eigenvalue weighted by Crippen LogP contribution is -2.20. The topological polar surface area (TPSA) is 20.3 Å². The van der Waals surface area contributed by atoms with E-state index >= 15 is 0 Å². The molecule has 0 heterocycles. The van der Waals surface area contributed by atoms with Crippen molar-refractivity contribution < 1.29 is 13.6 Å².